The molecule has 30 heavy (non-hydrogen) atoms. The van der Waals surface area contributed by atoms with E-state index in [1.807, 2.05) is 0 Å². The summed E-state index contributed by atoms with van der Waals surface area (Å²) in [5.41, 5.74) is 0.152. The third-order valence-electron chi connectivity index (χ3n) is 4.23. The number of nitrogens with zero attached hydrogens (tertiary/aromatic N) is 2. The van der Waals surface area contributed by atoms with Gasteiger partial charge in [-0.15, -0.1) is 0 Å². The van der Waals surface area contributed by atoms with Crippen molar-refractivity contribution in [3.05, 3.63) is 82.2 Å². The van der Waals surface area contributed by atoms with Crippen LogP contribution in [0.4, 0.5) is 8.78 Å². The monoisotopic (exact) mass is 473 g/mol. The molecule has 10 heteroatoms. The second kappa shape index (κ2) is 9.26. The van der Waals surface area contributed by atoms with E-state index in [1.54, 1.807) is 24.4 Å². The average Bonchev–Trinajstić information content (AvgIpc) is 2.99. The molecule has 2 aromatic heterocycles. The molecular weight excluding hydrogens is 464 g/mol. The van der Waals surface area contributed by atoms with Gasteiger partial charge in [0.2, 0.25) is 0 Å². The number of carboxylic acids is 1. The van der Waals surface area contributed by atoms with E-state index < -0.39 is 23.2 Å². The van der Waals surface area contributed by atoms with Crippen LogP contribution in [-0.2, 0) is 0 Å². The van der Waals surface area contributed by atoms with Gasteiger partial charge in [0.15, 0.2) is 11.6 Å². The first kappa shape index (κ1) is 23.1. The number of hydrogen-bond acceptors (Lipinski definition) is 3. The fourth-order valence-corrected chi connectivity index (χ4v) is 4.51. The van der Waals surface area contributed by atoms with Gasteiger partial charge in [-0.1, -0.05) is 41.0 Å². The summed E-state index contributed by atoms with van der Waals surface area (Å²) in [6.07, 6.45) is 3.07. The Morgan fingerprint density at radius 1 is 1.07 bits per heavy atom. The van der Waals surface area contributed by atoms with Crippen LogP contribution in [0, 0.1) is 11.6 Å². The second-order valence-corrected chi connectivity index (χ2v) is 7.77. The zero-order valence-electron chi connectivity index (χ0n) is 15.4. The Morgan fingerprint density at radius 3 is 2.50 bits per heavy atom. The van der Waals surface area contributed by atoms with Gasteiger partial charge in [0.05, 0.1) is 32.9 Å². The minimum Gasteiger partial charge on any atom is -0.478 e. The molecule has 1 N–H and O–H groups in total. The van der Waals surface area contributed by atoms with Crippen LogP contribution >= 0.6 is 35.0 Å². The maximum atomic E-state index is 14.9. The summed E-state index contributed by atoms with van der Waals surface area (Å²) in [6, 6.07) is 10.4. The normalized spacial score (nSPS) is 10.8. The van der Waals surface area contributed by atoms with Crippen LogP contribution in [0.2, 0.25) is 10.2 Å². The number of hydrogen-bond donors (Lipinski definition) is 1. The van der Waals surface area contributed by atoms with E-state index in [2.05, 4.69) is 4.98 Å². The average molecular weight is 474 g/mol. The quantitative estimate of drug-likeness (QED) is 0.365. The van der Waals surface area contributed by atoms with Crippen molar-refractivity contribution in [1.82, 2.24) is 9.55 Å². The predicted octanol–water partition coefficient (Wildman–Crippen LogP) is 6.08. The first-order chi connectivity index (χ1) is 13.9. The molecule has 0 fully saturated rings. The number of aromatic carboxylic acids is 1. The van der Waals surface area contributed by atoms with Crippen LogP contribution < -0.4 is 0 Å². The number of benzene rings is 2. The smallest absolute Gasteiger partial charge is 0.338 e. The van der Waals surface area contributed by atoms with Crippen LogP contribution in [0.3, 0.4) is 0 Å². The summed E-state index contributed by atoms with van der Waals surface area (Å²) < 4.78 is 31.0. The molecule has 0 aliphatic rings. The topological polar surface area (TPSA) is 55.1 Å². The SMILES string of the molecule is O=C(O)c1cccc(Sc2c(Cl)n(-c3cccnc3)c3c(F)c(Cl)ccc23)c1F.[Na]. The standard InChI is InChI=1S/C20H10Cl2F2N2O2S.Na/c21-13-7-6-12-17(16(13)24)26(10-3-2-8-25-9-10)19(22)18(12)29-14-5-1-4-11(15(14)23)20(27)28;/h1-9H,(H,27,28);. The maximum Gasteiger partial charge on any atom is 0.338 e. The molecule has 2 aromatic carbocycles. The first-order valence-electron chi connectivity index (χ1n) is 8.18. The van der Waals surface area contributed by atoms with Crippen molar-refractivity contribution in [2.24, 2.45) is 0 Å². The Bertz CT molecular complexity index is 1270. The summed E-state index contributed by atoms with van der Waals surface area (Å²) in [6.45, 7) is 0. The summed E-state index contributed by atoms with van der Waals surface area (Å²) in [5, 5.41) is 9.59. The van der Waals surface area contributed by atoms with Gasteiger partial charge < -0.3 is 5.11 Å². The molecule has 4 rings (SSSR count). The first-order valence-corrected chi connectivity index (χ1v) is 9.75. The van der Waals surface area contributed by atoms with Gasteiger partial charge in [0.25, 0.3) is 0 Å². The third kappa shape index (κ3) is 3.98. The van der Waals surface area contributed by atoms with Crippen molar-refractivity contribution in [2.45, 2.75) is 9.79 Å². The number of aromatic nitrogens is 2. The number of carbonyl (C=O) groups is 1. The van der Waals surface area contributed by atoms with Gasteiger partial charge in [-0.2, -0.15) is 0 Å². The van der Waals surface area contributed by atoms with Crippen molar-refractivity contribution in [2.75, 3.05) is 0 Å². The van der Waals surface area contributed by atoms with E-state index in [9.17, 15) is 13.6 Å². The summed E-state index contributed by atoms with van der Waals surface area (Å²) in [4.78, 5) is 15.7. The molecule has 147 valence electrons. The van der Waals surface area contributed by atoms with Crippen molar-refractivity contribution in [3.8, 4) is 5.69 Å². The molecular formula is C20H10Cl2F2N2NaO2S. The number of carboxylic acid groups (broad SMARTS) is 1. The number of pyridine rings is 1. The van der Waals surface area contributed by atoms with Crippen LogP contribution in [0.1, 0.15) is 10.4 Å². The number of halogens is 4. The van der Waals surface area contributed by atoms with Crippen LogP contribution in [0.15, 0.2) is 64.6 Å². The van der Waals surface area contributed by atoms with Crippen molar-refractivity contribution in [3.63, 3.8) is 0 Å². The zero-order chi connectivity index (χ0) is 20.7. The minimum absolute atomic E-state index is 0. The molecule has 4 aromatic rings. The Kier molecular flexibility index (Phi) is 7.12. The van der Waals surface area contributed by atoms with E-state index in [-0.39, 0.29) is 50.1 Å². The summed E-state index contributed by atoms with van der Waals surface area (Å²) in [7, 11) is 0. The Labute approximate surface area is 206 Å². The van der Waals surface area contributed by atoms with E-state index in [0.29, 0.717) is 16.0 Å². The van der Waals surface area contributed by atoms with Gasteiger partial charge in [-0.3, -0.25) is 9.55 Å². The predicted molar refractivity (Wildman–Crippen MR) is 114 cm³/mol. The van der Waals surface area contributed by atoms with Crippen LogP contribution in [0.5, 0.6) is 0 Å². The van der Waals surface area contributed by atoms with Crippen LogP contribution in [-0.4, -0.2) is 50.2 Å². The largest absolute Gasteiger partial charge is 0.478 e. The van der Waals surface area contributed by atoms with Gasteiger partial charge in [0.1, 0.15) is 5.15 Å². The molecule has 2 heterocycles. The van der Waals surface area contributed by atoms with E-state index >= 15 is 0 Å². The Balaban J connectivity index is 0.00000256. The number of rotatable bonds is 4. The Hall–Kier alpha value is -1.61. The molecule has 4 nitrogen and oxygen atoms in total. The van der Waals surface area contributed by atoms with Crippen molar-refractivity contribution < 1.29 is 18.7 Å². The second-order valence-electron chi connectivity index (χ2n) is 5.95. The molecule has 0 bridgehead atoms. The Morgan fingerprint density at radius 2 is 1.83 bits per heavy atom. The molecule has 0 saturated carbocycles. The molecule has 0 saturated heterocycles. The van der Waals surface area contributed by atoms with Gasteiger partial charge in [0, 0.05) is 46.0 Å². The molecule has 0 aliphatic carbocycles. The minimum atomic E-state index is -1.38. The van der Waals surface area contributed by atoms with Crippen molar-refractivity contribution >= 4 is 81.4 Å². The fourth-order valence-electron chi connectivity index (χ4n) is 2.94. The zero-order valence-corrected chi connectivity index (χ0v) is 19.7. The van der Waals surface area contributed by atoms with Crippen LogP contribution in [0.25, 0.3) is 16.6 Å². The molecule has 0 unspecified atom stereocenters. The summed E-state index contributed by atoms with van der Waals surface area (Å²) >= 11 is 13.5. The maximum absolute atomic E-state index is 14.9. The van der Waals surface area contributed by atoms with Gasteiger partial charge in [-0.05, 0) is 36.4 Å². The fraction of sp³-hybridized carbons (Fsp3) is 0. The molecule has 0 atom stereocenters. The van der Waals surface area contributed by atoms with Crippen molar-refractivity contribution in [1.29, 1.82) is 0 Å². The van der Waals surface area contributed by atoms with E-state index in [1.165, 1.54) is 35.0 Å². The summed E-state index contributed by atoms with van der Waals surface area (Å²) in [5.74, 6) is -2.95. The molecule has 0 spiro atoms. The third-order valence-corrected chi connectivity index (χ3v) is 6.15. The molecule has 1 radical (unpaired) electrons. The molecule has 0 aliphatic heterocycles. The van der Waals surface area contributed by atoms with Gasteiger partial charge in [-0.25, -0.2) is 13.6 Å². The van der Waals surface area contributed by atoms with E-state index in [4.69, 9.17) is 28.3 Å². The molecule has 0 amide bonds. The number of fused-ring (bicyclic) bond motifs is 1. The van der Waals surface area contributed by atoms with E-state index in [0.717, 1.165) is 11.8 Å². The van der Waals surface area contributed by atoms with Gasteiger partial charge >= 0.3 is 5.97 Å².